The second-order valence-corrected chi connectivity index (χ2v) is 7.38. The lowest BCUT2D eigenvalue weighted by Crippen LogP contribution is -2.47. The molecule has 1 aliphatic rings. The molecule has 1 saturated heterocycles. The Morgan fingerprint density at radius 2 is 1.78 bits per heavy atom. The minimum Gasteiger partial charge on any atom is -0.493 e. The fourth-order valence-electron chi connectivity index (χ4n) is 2.98. The van der Waals surface area contributed by atoms with Gasteiger partial charge in [0.15, 0.2) is 11.5 Å². The second-order valence-electron chi connectivity index (χ2n) is 7.38. The SMILES string of the molecule is CC(=O)O.CC(=O)O.COc1cccc(C(=O)N2CCCC(N(C)C)C2)c1OCCCN. The van der Waals surface area contributed by atoms with Gasteiger partial charge in [-0.3, -0.25) is 14.4 Å². The number of carbonyl (C=O) groups is 3. The van der Waals surface area contributed by atoms with E-state index in [1.54, 1.807) is 7.11 Å². The van der Waals surface area contributed by atoms with E-state index in [0.29, 0.717) is 36.3 Å². The van der Waals surface area contributed by atoms with Crippen molar-refractivity contribution >= 4 is 17.8 Å². The standard InChI is InChI=1S/C18H29N3O3.2C2H4O2/c1-20(2)14-7-5-11-21(13-14)18(22)15-8-4-9-16(23-3)17(15)24-12-6-10-19;2*1-2(3)4/h4,8-9,14H,5-7,10-13,19H2,1-3H3;2*1H3,(H,3,4). The van der Waals surface area contributed by atoms with Crippen LogP contribution in [0.1, 0.15) is 43.5 Å². The van der Waals surface area contributed by atoms with Gasteiger partial charge in [0.1, 0.15) is 0 Å². The molecule has 32 heavy (non-hydrogen) atoms. The fraction of sp³-hybridized carbons (Fsp3) is 0.591. The van der Waals surface area contributed by atoms with Crippen LogP contribution < -0.4 is 15.2 Å². The predicted molar refractivity (Wildman–Crippen MR) is 121 cm³/mol. The summed E-state index contributed by atoms with van der Waals surface area (Å²) < 4.78 is 11.2. The van der Waals surface area contributed by atoms with Crippen molar-refractivity contribution in [1.29, 1.82) is 0 Å². The number of hydrogen-bond acceptors (Lipinski definition) is 7. The quantitative estimate of drug-likeness (QED) is 0.524. The maximum atomic E-state index is 13.0. The average Bonchev–Trinajstić information content (AvgIpc) is 2.72. The Morgan fingerprint density at radius 1 is 1.19 bits per heavy atom. The van der Waals surface area contributed by atoms with Crippen molar-refractivity contribution in [2.24, 2.45) is 5.73 Å². The van der Waals surface area contributed by atoms with Crippen LogP contribution >= 0.6 is 0 Å². The van der Waals surface area contributed by atoms with E-state index in [4.69, 9.17) is 35.0 Å². The number of likely N-dealkylation sites (tertiary alicyclic amines) is 1. The second kappa shape index (κ2) is 15.9. The number of carboxylic acid groups (broad SMARTS) is 2. The van der Waals surface area contributed by atoms with Crippen molar-refractivity contribution in [1.82, 2.24) is 9.80 Å². The number of methoxy groups -OCH3 is 1. The predicted octanol–water partition coefficient (Wildman–Crippen LogP) is 1.77. The Morgan fingerprint density at radius 3 is 2.28 bits per heavy atom. The molecule has 1 unspecified atom stereocenters. The molecule has 0 saturated carbocycles. The van der Waals surface area contributed by atoms with E-state index in [0.717, 1.165) is 46.2 Å². The van der Waals surface area contributed by atoms with E-state index in [2.05, 4.69) is 19.0 Å². The van der Waals surface area contributed by atoms with Crippen LogP contribution in [0.4, 0.5) is 0 Å². The van der Waals surface area contributed by atoms with Gasteiger partial charge in [-0.05, 0) is 52.0 Å². The molecule has 0 aliphatic carbocycles. The van der Waals surface area contributed by atoms with Gasteiger partial charge in [0.25, 0.3) is 17.8 Å². The first-order chi connectivity index (χ1) is 15.0. The molecule has 1 atom stereocenters. The van der Waals surface area contributed by atoms with E-state index in [1.165, 1.54) is 0 Å². The van der Waals surface area contributed by atoms with Crippen LogP contribution in [0, 0.1) is 0 Å². The number of nitrogens with two attached hydrogens (primary N) is 1. The number of ether oxygens (including phenoxy) is 2. The van der Waals surface area contributed by atoms with E-state index in [1.807, 2.05) is 23.1 Å². The molecule has 1 fully saturated rings. The number of likely N-dealkylation sites (N-methyl/N-ethyl adjacent to an activating group) is 1. The zero-order chi connectivity index (χ0) is 24.7. The Bertz CT molecular complexity index is 705. The highest BCUT2D eigenvalue weighted by Crippen LogP contribution is 2.32. The van der Waals surface area contributed by atoms with Gasteiger partial charge in [0.05, 0.1) is 19.3 Å². The first-order valence-corrected chi connectivity index (χ1v) is 10.4. The lowest BCUT2D eigenvalue weighted by molar-refractivity contribution is -0.135. The third-order valence-corrected chi connectivity index (χ3v) is 4.44. The molecule has 1 aromatic carbocycles. The average molecular weight is 456 g/mol. The monoisotopic (exact) mass is 455 g/mol. The number of piperidine rings is 1. The van der Waals surface area contributed by atoms with Crippen LogP contribution in [-0.2, 0) is 9.59 Å². The summed E-state index contributed by atoms with van der Waals surface area (Å²) in [5.74, 6) is -0.562. The van der Waals surface area contributed by atoms with Gasteiger partial charge in [0.2, 0.25) is 0 Å². The Labute approximate surface area is 189 Å². The molecule has 10 nitrogen and oxygen atoms in total. The first-order valence-electron chi connectivity index (χ1n) is 10.4. The highest BCUT2D eigenvalue weighted by Gasteiger charge is 2.28. The molecule has 10 heteroatoms. The van der Waals surface area contributed by atoms with Crippen molar-refractivity contribution < 1.29 is 34.1 Å². The zero-order valence-electron chi connectivity index (χ0n) is 19.7. The molecule has 4 N–H and O–H groups in total. The van der Waals surface area contributed by atoms with Gasteiger partial charge in [-0.2, -0.15) is 0 Å². The molecule has 1 aromatic rings. The third kappa shape index (κ3) is 11.5. The summed E-state index contributed by atoms with van der Waals surface area (Å²) in [7, 11) is 5.71. The van der Waals surface area contributed by atoms with Crippen LogP contribution in [-0.4, -0.2) is 91.3 Å². The normalized spacial score (nSPS) is 15.0. The van der Waals surface area contributed by atoms with Crippen LogP contribution in [0.3, 0.4) is 0 Å². The molecular formula is C22H37N3O7. The van der Waals surface area contributed by atoms with Gasteiger partial charge in [-0.1, -0.05) is 6.07 Å². The topological polar surface area (TPSA) is 143 Å². The molecule has 2 rings (SSSR count). The zero-order valence-corrected chi connectivity index (χ0v) is 19.7. The molecule has 1 amide bonds. The molecule has 0 radical (unpaired) electrons. The number of carbonyl (C=O) groups excluding carboxylic acids is 1. The first kappa shape index (κ1) is 29.1. The van der Waals surface area contributed by atoms with Crippen LogP contribution in [0.15, 0.2) is 18.2 Å². The molecule has 0 bridgehead atoms. The van der Waals surface area contributed by atoms with E-state index in [-0.39, 0.29) is 5.91 Å². The van der Waals surface area contributed by atoms with Crippen LogP contribution in [0.5, 0.6) is 11.5 Å². The van der Waals surface area contributed by atoms with E-state index >= 15 is 0 Å². The third-order valence-electron chi connectivity index (χ3n) is 4.44. The largest absolute Gasteiger partial charge is 0.493 e. The van der Waals surface area contributed by atoms with Gasteiger partial charge in [0, 0.05) is 33.0 Å². The van der Waals surface area contributed by atoms with Crippen molar-refractivity contribution in [3.05, 3.63) is 23.8 Å². The van der Waals surface area contributed by atoms with Crippen molar-refractivity contribution in [2.75, 3.05) is 47.4 Å². The summed E-state index contributed by atoms with van der Waals surface area (Å²) >= 11 is 0. The van der Waals surface area contributed by atoms with E-state index < -0.39 is 11.9 Å². The van der Waals surface area contributed by atoms with Crippen LogP contribution in [0.25, 0.3) is 0 Å². The molecule has 0 aromatic heterocycles. The Balaban J connectivity index is 0.00000104. The summed E-state index contributed by atoms with van der Waals surface area (Å²) in [4.78, 5) is 35.1. The van der Waals surface area contributed by atoms with Crippen molar-refractivity contribution in [3.63, 3.8) is 0 Å². The maximum Gasteiger partial charge on any atom is 0.300 e. The summed E-state index contributed by atoms with van der Waals surface area (Å²) in [5, 5.41) is 14.8. The number of aliphatic carboxylic acids is 2. The summed E-state index contributed by atoms with van der Waals surface area (Å²) in [6.45, 7) is 4.71. The molecule has 182 valence electrons. The van der Waals surface area contributed by atoms with Gasteiger partial charge in [-0.15, -0.1) is 0 Å². The molecular weight excluding hydrogens is 418 g/mol. The minimum absolute atomic E-state index is 0.00296. The van der Waals surface area contributed by atoms with Gasteiger partial charge >= 0.3 is 0 Å². The Kier molecular flexibility index (Phi) is 14.5. The number of nitrogens with zero attached hydrogens (tertiary/aromatic N) is 2. The van der Waals surface area contributed by atoms with Crippen molar-refractivity contribution in [2.45, 2.75) is 39.2 Å². The summed E-state index contributed by atoms with van der Waals surface area (Å²) in [6.07, 6.45) is 2.87. The summed E-state index contributed by atoms with van der Waals surface area (Å²) in [6, 6.07) is 5.85. The number of rotatable bonds is 7. The molecule has 1 aliphatic heterocycles. The summed E-state index contributed by atoms with van der Waals surface area (Å²) in [5.41, 5.74) is 6.09. The number of carboxylic acids is 2. The van der Waals surface area contributed by atoms with Gasteiger partial charge in [-0.25, -0.2) is 0 Å². The highest BCUT2D eigenvalue weighted by molar-refractivity contribution is 5.98. The molecule has 1 heterocycles. The number of amides is 1. The smallest absolute Gasteiger partial charge is 0.300 e. The maximum absolute atomic E-state index is 13.0. The highest BCUT2D eigenvalue weighted by atomic mass is 16.5. The van der Waals surface area contributed by atoms with E-state index in [9.17, 15) is 4.79 Å². The van der Waals surface area contributed by atoms with Crippen LogP contribution in [0.2, 0.25) is 0 Å². The van der Waals surface area contributed by atoms with Crippen molar-refractivity contribution in [3.8, 4) is 11.5 Å². The number of para-hydroxylation sites is 1. The molecule has 0 spiro atoms. The lowest BCUT2D eigenvalue weighted by Gasteiger charge is -2.36. The number of hydrogen-bond donors (Lipinski definition) is 3. The Hall–Kier alpha value is -2.85. The number of benzene rings is 1. The lowest BCUT2D eigenvalue weighted by atomic mass is 10.0. The minimum atomic E-state index is -0.833. The van der Waals surface area contributed by atoms with Gasteiger partial charge < -0.3 is 35.2 Å². The fourth-order valence-corrected chi connectivity index (χ4v) is 2.98.